The zero-order valence-corrected chi connectivity index (χ0v) is 21.1. The van der Waals surface area contributed by atoms with Gasteiger partial charge in [0.1, 0.15) is 24.7 Å². The van der Waals surface area contributed by atoms with Crippen LogP contribution in [-0.2, 0) is 18.0 Å². The van der Waals surface area contributed by atoms with E-state index >= 15 is 0 Å². The average molecular weight is 555 g/mol. The van der Waals surface area contributed by atoms with Crippen LogP contribution in [-0.4, -0.2) is 11.1 Å². The van der Waals surface area contributed by atoms with Gasteiger partial charge in [0, 0.05) is 11.1 Å². The van der Waals surface area contributed by atoms with Gasteiger partial charge in [0.25, 0.3) is 11.1 Å². The molecule has 0 bridgehead atoms. The largest absolute Gasteiger partial charge is 0.489 e. The molecule has 0 unspecified atom stereocenters. The van der Waals surface area contributed by atoms with Gasteiger partial charge in [-0.3, -0.25) is 14.9 Å². The van der Waals surface area contributed by atoms with Crippen molar-refractivity contribution in [1.29, 1.82) is 0 Å². The molecule has 1 aliphatic heterocycles. The third kappa shape index (κ3) is 6.01. The van der Waals surface area contributed by atoms with Crippen LogP contribution in [0.15, 0.2) is 59.5 Å². The zero-order valence-electron chi connectivity index (χ0n) is 17.2. The van der Waals surface area contributed by atoms with Gasteiger partial charge >= 0.3 is 0 Å². The number of hydrogen-bond acceptors (Lipinski definition) is 5. The quantitative estimate of drug-likeness (QED) is 0.302. The summed E-state index contributed by atoms with van der Waals surface area (Å²) in [4.78, 5) is 23.9. The fourth-order valence-corrected chi connectivity index (χ4v) is 4.40. The third-order valence-corrected chi connectivity index (χ3v) is 7.12. The number of thioether (sulfide) groups is 1. The van der Waals surface area contributed by atoms with Crippen LogP contribution in [0.25, 0.3) is 6.08 Å². The molecule has 2 amide bonds. The molecule has 1 saturated heterocycles. The van der Waals surface area contributed by atoms with Gasteiger partial charge < -0.3 is 9.47 Å². The minimum atomic E-state index is -0.470. The summed E-state index contributed by atoms with van der Waals surface area (Å²) in [5.41, 5.74) is 2.10. The number of rotatable bonds is 7. The number of halogens is 4. The van der Waals surface area contributed by atoms with E-state index < -0.39 is 11.1 Å². The predicted molar refractivity (Wildman–Crippen MR) is 137 cm³/mol. The Morgan fingerprint density at radius 2 is 1.68 bits per heavy atom. The molecule has 3 aromatic carbocycles. The van der Waals surface area contributed by atoms with E-state index in [1.54, 1.807) is 54.6 Å². The number of carbonyl (C=O) groups excluding carboxylic acids is 2. The Balaban J connectivity index is 1.59. The molecule has 0 atom stereocenters. The first-order valence-electron chi connectivity index (χ1n) is 9.81. The van der Waals surface area contributed by atoms with Crippen molar-refractivity contribution in [3.8, 4) is 11.5 Å². The maximum absolute atomic E-state index is 12.1. The molecule has 3 aromatic rings. The van der Waals surface area contributed by atoms with E-state index in [2.05, 4.69) is 5.32 Å². The van der Waals surface area contributed by atoms with Crippen LogP contribution >= 0.6 is 58.2 Å². The SMILES string of the molecule is O=C1NC(=O)/C(=C/c2cc(OCc3cccc(Cl)c3Cl)ccc2OCc2ccc(Cl)c(Cl)c2)S1. The maximum Gasteiger partial charge on any atom is 0.290 e. The monoisotopic (exact) mass is 553 g/mol. The summed E-state index contributed by atoms with van der Waals surface area (Å²) in [6.07, 6.45) is 1.58. The molecule has 0 spiro atoms. The highest BCUT2D eigenvalue weighted by molar-refractivity contribution is 8.18. The number of ether oxygens (including phenoxy) is 2. The molecule has 0 saturated carbocycles. The van der Waals surface area contributed by atoms with Crippen molar-refractivity contribution >= 4 is 75.4 Å². The Labute approximate surface area is 219 Å². The number of hydrogen-bond donors (Lipinski definition) is 1. The summed E-state index contributed by atoms with van der Waals surface area (Å²) in [6.45, 7) is 0.399. The summed E-state index contributed by atoms with van der Waals surface area (Å²) in [6, 6.07) is 15.7. The molecule has 1 heterocycles. The number of benzene rings is 3. The van der Waals surface area contributed by atoms with Crippen molar-refractivity contribution in [2.24, 2.45) is 0 Å². The smallest absolute Gasteiger partial charge is 0.290 e. The average Bonchev–Trinajstić information content (AvgIpc) is 3.12. The predicted octanol–water partition coefficient (Wildman–Crippen LogP) is 7.78. The molecule has 10 heteroatoms. The summed E-state index contributed by atoms with van der Waals surface area (Å²) in [5.74, 6) is 0.529. The Morgan fingerprint density at radius 1 is 0.853 bits per heavy atom. The normalized spacial score (nSPS) is 14.4. The van der Waals surface area contributed by atoms with E-state index in [0.29, 0.717) is 37.2 Å². The van der Waals surface area contributed by atoms with Crippen LogP contribution in [0.2, 0.25) is 20.1 Å². The van der Waals surface area contributed by atoms with Crippen LogP contribution in [0.1, 0.15) is 16.7 Å². The lowest BCUT2D eigenvalue weighted by Gasteiger charge is -2.13. The van der Waals surface area contributed by atoms with Crippen LogP contribution in [0.4, 0.5) is 4.79 Å². The zero-order chi connectivity index (χ0) is 24.2. The van der Waals surface area contributed by atoms with E-state index in [1.807, 2.05) is 6.07 Å². The highest BCUT2D eigenvalue weighted by atomic mass is 35.5. The second kappa shape index (κ2) is 10.9. The Hall–Kier alpha value is -2.35. The van der Waals surface area contributed by atoms with Crippen molar-refractivity contribution in [3.05, 3.63) is 96.3 Å². The van der Waals surface area contributed by atoms with Crippen molar-refractivity contribution in [2.75, 3.05) is 0 Å². The van der Waals surface area contributed by atoms with E-state index in [-0.39, 0.29) is 18.1 Å². The fourth-order valence-electron chi connectivity index (χ4n) is 3.03. The van der Waals surface area contributed by atoms with Crippen molar-refractivity contribution in [2.45, 2.75) is 13.2 Å². The Morgan fingerprint density at radius 3 is 2.41 bits per heavy atom. The molecule has 5 nitrogen and oxygen atoms in total. The first kappa shape index (κ1) is 24.8. The van der Waals surface area contributed by atoms with Gasteiger partial charge in [-0.25, -0.2) is 0 Å². The standard InChI is InChI=1S/C24H15Cl4NO4S/c25-17-6-4-13(8-19(17)27)11-33-20-7-5-16(32-12-14-2-1-3-18(26)22(14)28)9-15(20)10-21-23(30)29-24(31)34-21/h1-10H,11-12H2,(H,29,30,31)/b21-10-. The second-order valence-corrected chi connectivity index (χ2v) is 9.70. The van der Waals surface area contributed by atoms with Crippen LogP contribution < -0.4 is 14.8 Å². The van der Waals surface area contributed by atoms with Gasteiger partial charge in [0.05, 0.1) is 25.0 Å². The third-order valence-electron chi connectivity index (χ3n) is 4.71. The molecular weight excluding hydrogens is 540 g/mol. The molecule has 0 aromatic heterocycles. The van der Waals surface area contributed by atoms with Crippen LogP contribution in [0.3, 0.4) is 0 Å². The molecule has 1 fully saturated rings. The lowest BCUT2D eigenvalue weighted by molar-refractivity contribution is -0.115. The molecule has 1 aliphatic rings. The molecule has 174 valence electrons. The van der Waals surface area contributed by atoms with Gasteiger partial charge in [-0.2, -0.15) is 0 Å². The molecule has 4 rings (SSSR count). The maximum atomic E-state index is 12.1. The minimum Gasteiger partial charge on any atom is -0.489 e. The minimum absolute atomic E-state index is 0.187. The van der Waals surface area contributed by atoms with Gasteiger partial charge in [0.2, 0.25) is 0 Å². The van der Waals surface area contributed by atoms with Crippen LogP contribution in [0, 0.1) is 0 Å². The van der Waals surface area contributed by atoms with E-state index in [4.69, 9.17) is 55.9 Å². The van der Waals surface area contributed by atoms with Gasteiger partial charge in [-0.05, 0) is 59.8 Å². The van der Waals surface area contributed by atoms with Crippen molar-refractivity contribution in [1.82, 2.24) is 5.32 Å². The summed E-state index contributed by atoms with van der Waals surface area (Å²) in [7, 11) is 0. The molecule has 0 aliphatic carbocycles. The van der Waals surface area contributed by atoms with Gasteiger partial charge in [-0.15, -0.1) is 0 Å². The summed E-state index contributed by atoms with van der Waals surface area (Å²) >= 11 is 25.2. The number of carbonyl (C=O) groups is 2. The Bertz CT molecular complexity index is 1310. The van der Waals surface area contributed by atoms with E-state index in [0.717, 1.165) is 22.9 Å². The topological polar surface area (TPSA) is 64.6 Å². The highest BCUT2D eigenvalue weighted by Gasteiger charge is 2.25. The van der Waals surface area contributed by atoms with Gasteiger partial charge in [-0.1, -0.05) is 64.6 Å². The second-order valence-electron chi connectivity index (χ2n) is 7.09. The molecular formula is C24H15Cl4NO4S. The first-order chi connectivity index (χ1) is 16.3. The van der Waals surface area contributed by atoms with Gasteiger partial charge in [0.15, 0.2) is 0 Å². The molecule has 34 heavy (non-hydrogen) atoms. The summed E-state index contributed by atoms with van der Waals surface area (Å²) < 4.78 is 11.9. The van der Waals surface area contributed by atoms with E-state index in [9.17, 15) is 9.59 Å². The van der Waals surface area contributed by atoms with E-state index in [1.165, 1.54) is 0 Å². The molecule has 1 N–H and O–H groups in total. The fraction of sp³-hybridized carbons (Fsp3) is 0.0833. The first-order valence-corrected chi connectivity index (χ1v) is 12.1. The summed E-state index contributed by atoms with van der Waals surface area (Å²) in [5, 5.41) is 3.54. The van der Waals surface area contributed by atoms with Crippen LogP contribution in [0.5, 0.6) is 11.5 Å². The number of imide groups is 1. The lowest BCUT2D eigenvalue weighted by Crippen LogP contribution is -2.17. The Kier molecular flexibility index (Phi) is 7.96. The van der Waals surface area contributed by atoms with Crippen molar-refractivity contribution < 1.29 is 19.1 Å². The lowest BCUT2D eigenvalue weighted by atomic mass is 10.1. The number of amides is 2. The number of nitrogens with one attached hydrogen (secondary N) is 1. The highest BCUT2D eigenvalue weighted by Crippen LogP contribution is 2.33. The molecule has 0 radical (unpaired) electrons. The van der Waals surface area contributed by atoms with Crippen molar-refractivity contribution in [3.63, 3.8) is 0 Å².